The van der Waals surface area contributed by atoms with Crippen molar-refractivity contribution in [3.63, 3.8) is 0 Å². The monoisotopic (exact) mass is 283 g/mol. The molecule has 19 heavy (non-hydrogen) atoms. The van der Waals surface area contributed by atoms with Crippen molar-refractivity contribution in [2.24, 2.45) is 11.7 Å². The van der Waals surface area contributed by atoms with E-state index in [9.17, 15) is 4.79 Å². The van der Waals surface area contributed by atoms with E-state index in [2.05, 4.69) is 0 Å². The topological polar surface area (TPSA) is 52.3 Å². The van der Waals surface area contributed by atoms with E-state index in [4.69, 9.17) is 10.5 Å². The SMILES string of the molecule is NC1(CC(=O)C2CCOC3(CCSCC3)C2)CCC1. The van der Waals surface area contributed by atoms with Crippen LogP contribution in [-0.2, 0) is 9.53 Å². The Hall–Kier alpha value is -0.0600. The molecule has 0 aromatic rings. The molecule has 3 rings (SSSR count). The van der Waals surface area contributed by atoms with Crippen LogP contribution in [0.5, 0.6) is 0 Å². The zero-order chi connectivity index (χ0) is 13.3. The molecule has 0 aromatic carbocycles. The maximum absolute atomic E-state index is 12.5. The second kappa shape index (κ2) is 5.38. The number of nitrogens with two attached hydrogens (primary N) is 1. The molecule has 108 valence electrons. The second-order valence-electron chi connectivity index (χ2n) is 6.69. The van der Waals surface area contributed by atoms with Crippen molar-refractivity contribution < 1.29 is 9.53 Å². The highest BCUT2D eigenvalue weighted by molar-refractivity contribution is 7.99. The lowest BCUT2D eigenvalue weighted by Crippen LogP contribution is -2.50. The Balaban J connectivity index is 1.59. The lowest BCUT2D eigenvalue weighted by Gasteiger charge is -2.44. The van der Waals surface area contributed by atoms with Crippen molar-refractivity contribution in [1.82, 2.24) is 0 Å². The first-order valence-corrected chi connectivity index (χ1v) is 8.80. The van der Waals surface area contributed by atoms with E-state index in [1.165, 1.54) is 17.9 Å². The van der Waals surface area contributed by atoms with E-state index in [1.807, 2.05) is 11.8 Å². The average molecular weight is 283 g/mol. The molecule has 0 aromatic heterocycles. The van der Waals surface area contributed by atoms with Crippen LogP contribution in [0.25, 0.3) is 0 Å². The van der Waals surface area contributed by atoms with Gasteiger partial charge < -0.3 is 10.5 Å². The number of Topliss-reactive ketones (excluding diaryl/α,β-unsaturated/α-hetero) is 1. The van der Waals surface area contributed by atoms with E-state index >= 15 is 0 Å². The predicted octanol–water partition coefficient (Wildman–Crippen LogP) is 2.52. The third-order valence-electron chi connectivity index (χ3n) is 5.23. The molecule has 3 aliphatic rings. The number of ether oxygens (including phenoxy) is 1. The van der Waals surface area contributed by atoms with Crippen molar-refractivity contribution >= 4 is 17.5 Å². The molecule has 0 bridgehead atoms. The Morgan fingerprint density at radius 3 is 2.63 bits per heavy atom. The minimum absolute atomic E-state index is 0.0190. The summed E-state index contributed by atoms with van der Waals surface area (Å²) in [5, 5.41) is 0. The number of hydrogen-bond acceptors (Lipinski definition) is 4. The van der Waals surface area contributed by atoms with Crippen LogP contribution in [0, 0.1) is 5.92 Å². The molecule has 2 N–H and O–H groups in total. The zero-order valence-electron chi connectivity index (χ0n) is 11.7. The maximum Gasteiger partial charge on any atom is 0.138 e. The highest BCUT2D eigenvalue weighted by atomic mass is 32.2. The number of rotatable bonds is 3. The number of hydrogen-bond donors (Lipinski definition) is 1. The van der Waals surface area contributed by atoms with Gasteiger partial charge in [-0.1, -0.05) is 0 Å². The summed E-state index contributed by atoms with van der Waals surface area (Å²) in [7, 11) is 0. The second-order valence-corrected chi connectivity index (χ2v) is 7.92. The Morgan fingerprint density at radius 2 is 2.00 bits per heavy atom. The molecule has 2 saturated heterocycles. The van der Waals surface area contributed by atoms with E-state index in [0.29, 0.717) is 12.2 Å². The van der Waals surface area contributed by atoms with Gasteiger partial charge in [-0.15, -0.1) is 0 Å². The van der Waals surface area contributed by atoms with Crippen LogP contribution in [-0.4, -0.2) is 35.0 Å². The normalized spacial score (nSPS) is 32.8. The summed E-state index contributed by atoms with van der Waals surface area (Å²) in [5.74, 6) is 2.98. The van der Waals surface area contributed by atoms with Crippen LogP contribution in [0.15, 0.2) is 0 Å². The fourth-order valence-electron chi connectivity index (χ4n) is 3.69. The molecule has 1 unspecified atom stereocenters. The largest absolute Gasteiger partial charge is 0.375 e. The summed E-state index contributed by atoms with van der Waals surface area (Å²) in [4.78, 5) is 12.5. The van der Waals surface area contributed by atoms with Crippen LogP contribution in [0.4, 0.5) is 0 Å². The maximum atomic E-state index is 12.5. The Morgan fingerprint density at radius 1 is 1.26 bits per heavy atom. The summed E-state index contributed by atoms with van der Waals surface area (Å²) < 4.78 is 6.06. The van der Waals surface area contributed by atoms with Gasteiger partial charge in [-0.25, -0.2) is 0 Å². The van der Waals surface area contributed by atoms with Crippen molar-refractivity contribution in [3.8, 4) is 0 Å². The highest BCUT2D eigenvalue weighted by Crippen LogP contribution is 2.41. The van der Waals surface area contributed by atoms with Crippen LogP contribution in [0.1, 0.15) is 51.4 Å². The van der Waals surface area contributed by atoms with E-state index in [-0.39, 0.29) is 17.1 Å². The first-order valence-electron chi connectivity index (χ1n) is 7.64. The molecule has 0 amide bonds. The molecule has 3 nitrogen and oxygen atoms in total. The number of carbonyl (C=O) groups excluding carboxylic acids is 1. The minimum Gasteiger partial charge on any atom is -0.375 e. The number of ketones is 1. The van der Waals surface area contributed by atoms with Gasteiger partial charge in [-0.2, -0.15) is 11.8 Å². The molecular formula is C15H25NO2S. The molecule has 4 heteroatoms. The smallest absolute Gasteiger partial charge is 0.138 e. The Bertz CT molecular complexity index is 343. The van der Waals surface area contributed by atoms with Gasteiger partial charge in [-0.3, -0.25) is 4.79 Å². The first-order chi connectivity index (χ1) is 9.11. The van der Waals surface area contributed by atoms with Gasteiger partial charge in [0, 0.05) is 24.5 Å². The van der Waals surface area contributed by atoms with E-state index < -0.39 is 0 Å². The summed E-state index contributed by atoms with van der Waals surface area (Å²) >= 11 is 2.01. The molecule has 1 saturated carbocycles. The summed E-state index contributed by atoms with van der Waals surface area (Å²) in [6.45, 7) is 0.763. The predicted molar refractivity (Wildman–Crippen MR) is 78.4 cm³/mol. The molecular weight excluding hydrogens is 258 g/mol. The van der Waals surface area contributed by atoms with Crippen LogP contribution < -0.4 is 5.73 Å². The highest BCUT2D eigenvalue weighted by Gasteiger charge is 2.43. The molecule has 1 spiro atoms. The fourth-order valence-corrected chi connectivity index (χ4v) is 4.93. The number of thioether (sulfide) groups is 1. The zero-order valence-corrected chi connectivity index (χ0v) is 12.5. The van der Waals surface area contributed by atoms with Crippen LogP contribution >= 0.6 is 11.8 Å². The van der Waals surface area contributed by atoms with E-state index in [0.717, 1.165) is 45.1 Å². The molecule has 1 atom stereocenters. The number of carbonyl (C=O) groups is 1. The fraction of sp³-hybridized carbons (Fsp3) is 0.933. The molecule has 0 radical (unpaired) electrons. The van der Waals surface area contributed by atoms with Crippen molar-refractivity contribution in [1.29, 1.82) is 0 Å². The quantitative estimate of drug-likeness (QED) is 0.864. The van der Waals surface area contributed by atoms with Gasteiger partial charge in [0.05, 0.1) is 5.60 Å². The van der Waals surface area contributed by atoms with Gasteiger partial charge in [0.2, 0.25) is 0 Å². The van der Waals surface area contributed by atoms with Gasteiger partial charge in [0.1, 0.15) is 5.78 Å². The molecule has 2 heterocycles. The molecule has 1 aliphatic carbocycles. The summed E-state index contributed by atoms with van der Waals surface area (Å²) in [6, 6.07) is 0. The standard InChI is InChI=1S/C15H25NO2S/c16-14(3-1-4-14)11-13(17)12-2-7-18-15(10-12)5-8-19-9-6-15/h12H,1-11,16H2. The Kier molecular flexibility index (Phi) is 3.93. The third kappa shape index (κ3) is 3.01. The van der Waals surface area contributed by atoms with Crippen LogP contribution in [0.3, 0.4) is 0 Å². The lowest BCUT2D eigenvalue weighted by molar-refractivity contribution is -0.140. The van der Waals surface area contributed by atoms with Crippen LogP contribution in [0.2, 0.25) is 0 Å². The lowest BCUT2D eigenvalue weighted by atomic mass is 9.71. The molecule has 3 fully saturated rings. The first kappa shape index (κ1) is 13.9. The Labute approximate surface area is 120 Å². The van der Waals surface area contributed by atoms with Crippen molar-refractivity contribution in [2.45, 2.75) is 62.5 Å². The van der Waals surface area contributed by atoms with Gasteiger partial charge in [0.25, 0.3) is 0 Å². The van der Waals surface area contributed by atoms with Crippen molar-refractivity contribution in [3.05, 3.63) is 0 Å². The van der Waals surface area contributed by atoms with Gasteiger partial charge in [-0.05, 0) is 56.5 Å². The third-order valence-corrected chi connectivity index (χ3v) is 6.21. The van der Waals surface area contributed by atoms with E-state index in [1.54, 1.807) is 0 Å². The van der Waals surface area contributed by atoms with Gasteiger partial charge >= 0.3 is 0 Å². The molecule has 2 aliphatic heterocycles. The summed E-state index contributed by atoms with van der Waals surface area (Å²) in [5.41, 5.74) is 6.08. The van der Waals surface area contributed by atoms with Crippen molar-refractivity contribution in [2.75, 3.05) is 18.1 Å². The average Bonchev–Trinajstić information content (AvgIpc) is 2.38. The van der Waals surface area contributed by atoms with Gasteiger partial charge in [0.15, 0.2) is 0 Å². The minimum atomic E-state index is -0.162. The summed E-state index contributed by atoms with van der Waals surface area (Å²) in [6.07, 6.45) is 7.95.